The summed E-state index contributed by atoms with van der Waals surface area (Å²) in [5.74, 6) is 1.56. The minimum Gasteiger partial charge on any atom is -0.480 e. The van der Waals surface area contributed by atoms with Crippen molar-refractivity contribution in [2.45, 2.75) is 24.9 Å². The Labute approximate surface area is 182 Å². The van der Waals surface area contributed by atoms with Gasteiger partial charge in [0.05, 0.1) is 0 Å². The van der Waals surface area contributed by atoms with E-state index in [-0.39, 0.29) is 6.10 Å². The van der Waals surface area contributed by atoms with Gasteiger partial charge in [0, 0.05) is 4.88 Å². The smallest absolute Gasteiger partial charge is 0.158 e. The van der Waals surface area contributed by atoms with Gasteiger partial charge in [0.1, 0.15) is 5.75 Å². The van der Waals surface area contributed by atoms with Crippen molar-refractivity contribution in [1.82, 2.24) is 4.90 Å². The number of benzene rings is 3. The number of hydrogen-bond donors (Lipinski definition) is 0. The van der Waals surface area contributed by atoms with Crippen LogP contribution in [0.4, 0.5) is 0 Å². The number of ether oxygens (including phenoxy) is 1. The number of thiophene rings is 1. The molecule has 2 nitrogen and oxygen atoms in total. The number of likely N-dealkylation sites (tertiary alicyclic amines) is 1. The topological polar surface area (TPSA) is 12.5 Å². The number of piperidine rings is 1. The highest BCUT2D eigenvalue weighted by Crippen LogP contribution is 2.36. The van der Waals surface area contributed by atoms with Crippen molar-refractivity contribution in [1.29, 1.82) is 0 Å². The summed E-state index contributed by atoms with van der Waals surface area (Å²) in [4.78, 5) is 3.66. The molecule has 0 bridgehead atoms. The Morgan fingerprint density at radius 3 is 2.50 bits per heavy atom. The van der Waals surface area contributed by atoms with E-state index in [0.29, 0.717) is 5.92 Å². The van der Waals surface area contributed by atoms with Crippen LogP contribution in [0, 0.1) is 0 Å². The Kier molecular flexibility index (Phi) is 5.56. The van der Waals surface area contributed by atoms with Crippen LogP contribution in [-0.4, -0.2) is 25.0 Å². The van der Waals surface area contributed by atoms with E-state index in [1.165, 1.54) is 52.7 Å². The molecule has 1 fully saturated rings. The summed E-state index contributed by atoms with van der Waals surface area (Å²) in [6.45, 7) is 2.34. The Hall–Kier alpha value is -2.62. The first kappa shape index (κ1) is 19.3. The Balaban J connectivity index is 1.50. The van der Waals surface area contributed by atoms with Gasteiger partial charge in [-0.1, -0.05) is 60.7 Å². The highest BCUT2D eigenvalue weighted by Gasteiger charge is 2.21. The molecule has 0 spiro atoms. The summed E-state index contributed by atoms with van der Waals surface area (Å²) in [5, 5.41) is 4.75. The van der Waals surface area contributed by atoms with E-state index in [1.807, 2.05) is 0 Å². The van der Waals surface area contributed by atoms with Gasteiger partial charge >= 0.3 is 0 Å². The van der Waals surface area contributed by atoms with E-state index in [9.17, 15) is 0 Å². The molecule has 1 aliphatic heterocycles. The summed E-state index contributed by atoms with van der Waals surface area (Å²) < 4.78 is 6.61. The molecule has 0 radical (unpaired) electrons. The number of rotatable bonds is 5. The molecule has 4 aromatic rings. The van der Waals surface area contributed by atoms with E-state index in [0.717, 1.165) is 5.75 Å². The molecule has 3 heteroatoms. The molecule has 3 aromatic carbocycles. The highest BCUT2D eigenvalue weighted by molar-refractivity contribution is 7.10. The molecular formula is C27H27NOS. The molecule has 1 unspecified atom stereocenters. The molecule has 0 saturated carbocycles. The van der Waals surface area contributed by atoms with E-state index in [1.54, 1.807) is 11.3 Å². The van der Waals surface area contributed by atoms with Crippen molar-refractivity contribution in [2.75, 3.05) is 20.1 Å². The molecule has 0 aliphatic carbocycles. The summed E-state index contributed by atoms with van der Waals surface area (Å²) >= 11 is 1.75. The molecule has 30 heavy (non-hydrogen) atoms. The van der Waals surface area contributed by atoms with Crippen LogP contribution in [0.15, 0.2) is 84.2 Å². The molecule has 0 N–H and O–H groups in total. The minimum atomic E-state index is -0.0841. The summed E-state index contributed by atoms with van der Waals surface area (Å²) in [6.07, 6.45) is 2.37. The lowest BCUT2D eigenvalue weighted by atomic mass is 9.86. The van der Waals surface area contributed by atoms with Gasteiger partial charge in [-0.25, -0.2) is 0 Å². The predicted molar refractivity (Wildman–Crippen MR) is 127 cm³/mol. The Morgan fingerprint density at radius 2 is 1.73 bits per heavy atom. The van der Waals surface area contributed by atoms with Gasteiger partial charge < -0.3 is 9.64 Å². The third kappa shape index (κ3) is 4.00. The van der Waals surface area contributed by atoms with Gasteiger partial charge in [0.25, 0.3) is 0 Å². The normalized spacial score (nSPS) is 16.6. The van der Waals surface area contributed by atoms with Gasteiger partial charge in [-0.2, -0.15) is 0 Å². The monoisotopic (exact) mass is 413 g/mol. The summed E-state index contributed by atoms with van der Waals surface area (Å²) in [5.41, 5.74) is 2.65. The zero-order chi connectivity index (χ0) is 20.3. The van der Waals surface area contributed by atoms with Crippen LogP contribution in [0.1, 0.15) is 40.9 Å². The molecule has 152 valence electrons. The van der Waals surface area contributed by atoms with Crippen molar-refractivity contribution >= 4 is 22.1 Å². The van der Waals surface area contributed by atoms with E-state index in [4.69, 9.17) is 4.74 Å². The zero-order valence-electron chi connectivity index (χ0n) is 17.3. The Bertz CT molecular complexity index is 1100. The SMILES string of the molecule is CN1CCC(c2cccc3ccc(OC(c4ccccc4)c4cccs4)cc23)CC1. The Morgan fingerprint density at radius 1 is 0.900 bits per heavy atom. The first-order chi connectivity index (χ1) is 14.8. The second-order valence-corrected chi connectivity index (χ2v) is 9.21. The summed E-state index contributed by atoms with van der Waals surface area (Å²) in [6, 6.07) is 28.1. The van der Waals surface area contributed by atoms with Crippen LogP contribution >= 0.6 is 11.3 Å². The first-order valence-electron chi connectivity index (χ1n) is 10.7. The average molecular weight is 414 g/mol. The zero-order valence-corrected chi connectivity index (χ0v) is 18.1. The van der Waals surface area contributed by atoms with Crippen LogP contribution < -0.4 is 4.74 Å². The van der Waals surface area contributed by atoms with Gasteiger partial charge in [-0.3, -0.25) is 0 Å². The average Bonchev–Trinajstić information content (AvgIpc) is 3.33. The minimum absolute atomic E-state index is 0.0841. The van der Waals surface area contributed by atoms with Crippen LogP contribution in [0.3, 0.4) is 0 Å². The quantitative estimate of drug-likeness (QED) is 0.354. The van der Waals surface area contributed by atoms with E-state index in [2.05, 4.69) is 96.2 Å². The molecule has 1 aliphatic rings. The van der Waals surface area contributed by atoms with Crippen LogP contribution in [0.25, 0.3) is 10.8 Å². The molecule has 0 amide bonds. The van der Waals surface area contributed by atoms with Crippen molar-refractivity contribution in [3.05, 3.63) is 100 Å². The number of hydrogen-bond acceptors (Lipinski definition) is 3. The molecule has 1 saturated heterocycles. The standard InChI is InChI=1S/C27H27NOS/c1-28-16-14-21(15-17-28)24-10-5-9-20-12-13-23(19-25(20)24)29-27(26-11-6-18-30-26)22-7-3-2-4-8-22/h2-13,18-19,21,27H,14-17H2,1H3. The lowest BCUT2D eigenvalue weighted by Crippen LogP contribution is -2.29. The maximum absolute atomic E-state index is 6.61. The third-order valence-corrected chi connectivity index (χ3v) is 7.12. The van der Waals surface area contributed by atoms with E-state index < -0.39 is 0 Å². The second-order valence-electron chi connectivity index (χ2n) is 8.23. The maximum Gasteiger partial charge on any atom is 0.158 e. The molecule has 2 heterocycles. The molecule has 1 atom stereocenters. The lowest BCUT2D eigenvalue weighted by molar-refractivity contribution is 0.251. The van der Waals surface area contributed by atoms with Gasteiger partial charge in [-0.05, 0) is 84.4 Å². The van der Waals surface area contributed by atoms with Gasteiger partial charge in [0.15, 0.2) is 6.10 Å². The van der Waals surface area contributed by atoms with Gasteiger partial charge in [0.2, 0.25) is 0 Å². The van der Waals surface area contributed by atoms with Crippen molar-refractivity contribution in [2.24, 2.45) is 0 Å². The van der Waals surface area contributed by atoms with Crippen LogP contribution in [0.2, 0.25) is 0 Å². The van der Waals surface area contributed by atoms with Gasteiger partial charge in [-0.15, -0.1) is 11.3 Å². The van der Waals surface area contributed by atoms with E-state index >= 15 is 0 Å². The third-order valence-electron chi connectivity index (χ3n) is 6.20. The summed E-state index contributed by atoms with van der Waals surface area (Å²) in [7, 11) is 2.22. The highest BCUT2D eigenvalue weighted by atomic mass is 32.1. The first-order valence-corrected chi connectivity index (χ1v) is 11.6. The fourth-order valence-electron chi connectivity index (χ4n) is 4.52. The fraction of sp³-hybridized carbons (Fsp3) is 0.259. The molecule has 1 aromatic heterocycles. The second kappa shape index (κ2) is 8.63. The van der Waals surface area contributed by atoms with Crippen LogP contribution in [-0.2, 0) is 0 Å². The maximum atomic E-state index is 6.61. The molecular weight excluding hydrogens is 386 g/mol. The fourth-order valence-corrected chi connectivity index (χ4v) is 5.30. The molecule has 5 rings (SSSR count). The van der Waals surface area contributed by atoms with Crippen molar-refractivity contribution < 1.29 is 4.74 Å². The predicted octanol–water partition coefficient (Wildman–Crippen LogP) is 6.88. The van der Waals surface area contributed by atoms with Crippen molar-refractivity contribution in [3.8, 4) is 5.75 Å². The lowest BCUT2D eigenvalue weighted by Gasteiger charge is -2.30. The number of fused-ring (bicyclic) bond motifs is 1. The van der Waals surface area contributed by atoms with Crippen molar-refractivity contribution in [3.63, 3.8) is 0 Å². The largest absolute Gasteiger partial charge is 0.480 e. The van der Waals surface area contributed by atoms with Crippen LogP contribution in [0.5, 0.6) is 5.75 Å². The number of nitrogens with zero attached hydrogens (tertiary/aromatic N) is 1.